The summed E-state index contributed by atoms with van der Waals surface area (Å²) in [7, 11) is 0. The van der Waals surface area contributed by atoms with E-state index in [0.717, 1.165) is 19.6 Å². The highest BCUT2D eigenvalue weighted by atomic mass is 16.5. The van der Waals surface area contributed by atoms with Crippen LogP contribution in [0.4, 0.5) is 0 Å². The van der Waals surface area contributed by atoms with Crippen molar-refractivity contribution in [1.29, 1.82) is 0 Å². The first-order chi connectivity index (χ1) is 6.16. The lowest BCUT2D eigenvalue weighted by Crippen LogP contribution is -2.59. The van der Waals surface area contributed by atoms with E-state index in [1.165, 1.54) is 0 Å². The zero-order chi connectivity index (χ0) is 9.05. The van der Waals surface area contributed by atoms with Gasteiger partial charge in [0, 0.05) is 19.6 Å². The van der Waals surface area contributed by atoms with Gasteiger partial charge in [0.05, 0.1) is 31.5 Å². The molecule has 4 aliphatic rings. The summed E-state index contributed by atoms with van der Waals surface area (Å²) < 4.78 is -0.0996. The zero-order valence-electron chi connectivity index (χ0n) is 7.61. The van der Waals surface area contributed by atoms with Crippen LogP contribution in [0.25, 0.3) is 0 Å². The Morgan fingerprint density at radius 3 is 2.54 bits per heavy atom. The molecule has 4 nitrogen and oxygen atoms in total. The Kier molecular flexibility index (Phi) is 1.41. The summed E-state index contributed by atoms with van der Waals surface area (Å²) in [6, 6.07) is 0. The number of Topliss-reactive ketones (excluding diaryl/α,β-unsaturated/α-hetero) is 1. The van der Waals surface area contributed by atoms with Crippen molar-refractivity contribution in [3.05, 3.63) is 5.21 Å². The van der Waals surface area contributed by atoms with Gasteiger partial charge in [-0.25, -0.2) is 0 Å². The highest BCUT2D eigenvalue weighted by Gasteiger charge is 2.48. The maximum atomic E-state index is 12.1. The van der Waals surface area contributed by atoms with Crippen molar-refractivity contribution in [2.45, 2.75) is 0 Å². The molecular weight excluding hydrogens is 168 g/mol. The Bertz CT molecular complexity index is 248. The first-order valence-corrected chi connectivity index (χ1v) is 4.99. The third-order valence-electron chi connectivity index (χ3n) is 3.69. The molecule has 72 valence electrons. The van der Waals surface area contributed by atoms with Crippen molar-refractivity contribution in [2.75, 3.05) is 39.3 Å². The summed E-state index contributed by atoms with van der Waals surface area (Å²) in [5.74, 6) is 0.461. The molecule has 4 fully saturated rings. The minimum Gasteiger partial charge on any atom is -0.633 e. The van der Waals surface area contributed by atoms with E-state index in [1.54, 1.807) is 0 Å². The summed E-state index contributed by atoms with van der Waals surface area (Å²) in [6.45, 7) is 4.37. The van der Waals surface area contributed by atoms with Crippen LogP contribution in [-0.2, 0) is 4.79 Å². The monoisotopic (exact) mass is 182 g/mol. The molecule has 0 aromatic heterocycles. The molecule has 2 atom stereocenters. The van der Waals surface area contributed by atoms with Gasteiger partial charge in [0.1, 0.15) is 0 Å². The average Bonchev–Trinajstić information content (AvgIpc) is 2.26. The molecule has 0 amide bonds. The van der Waals surface area contributed by atoms with Crippen LogP contribution in [-0.4, -0.2) is 54.6 Å². The fourth-order valence-electron chi connectivity index (χ4n) is 3.07. The zero-order valence-corrected chi connectivity index (χ0v) is 7.61. The molecule has 4 aliphatic heterocycles. The van der Waals surface area contributed by atoms with Gasteiger partial charge >= 0.3 is 0 Å². The topological polar surface area (TPSA) is 43.4 Å². The molecule has 0 aromatic rings. The quantitative estimate of drug-likeness (QED) is 0.373. The van der Waals surface area contributed by atoms with Crippen molar-refractivity contribution < 1.29 is 9.44 Å². The molecular formula is C9H14N2O2. The van der Waals surface area contributed by atoms with Crippen LogP contribution in [0.3, 0.4) is 0 Å². The van der Waals surface area contributed by atoms with Crippen LogP contribution >= 0.6 is 0 Å². The fraction of sp³-hybridized carbons (Fsp3) is 0.889. The van der Waals surface area contributed by atoms with E-state index < -0.39 is 0 Å². The van der Waals surface area contributed by atoms with Crippen molar-refractivity contribution in [2.24, 2.45) is 11.8 Å². The van der Waals surface area contributed by atoms with Crippen molar-refractivity contribution >= 4 is 5.78 Å². The second kappa shape index (κ2) is 2.32. The molecule has 4 saturated heterocycles. The van der Waals surface area contributed by atoms with Crippen LogP contribution < -0.4 is 0 Å². The van der Waals surface area contributed by atoms with Gasteiger partial charge in [0.25, 0.3) is 0 Å². The normalized spacial score (nSPS) is 53.9. The summed E-state index contributed by atoms with van der Waals surface area (Å²) in [6.07, 6.45) is 0. The van der Waals surface area contributed by atoms with Gasteiger partial charge in [-0.3, -0.25) is 9.69 Å². The number of rotatable bonds is 0. The SMILES string of the molecule is O=C1C2CN3CC[N+]([O-])(C2)CC1C3. The minimum absolute atomic E-state index is 0.0486. The number of hydrogen-bond donors (Lipinski definition) is 0. The standard InChI is InChI=1S/C9H14N2O2/c12-9-7-3-10-1-2-11(13,5-7)6-8(9)4-10/h7-8H,1-6H2. The minimum atomic E-state index is -0.0996. The fourth-order valence-corrected chi connectivity index (χ4v) is 3.07. The van der Waals surface area contributed by atoms with Gasteiger partial charge in [0.15, 0.2) is 5.78 Å². The number of nitrogens with zero attached hydrogens (tertiary/aromatic N) is 2. The van der Waals surface area contributed by atoms with Crippen LogP contribution in [0, 0.1) is 17.0 Å². The third-order valence-corrected chi connectivity index (χ3v) is 3.69. The highest BCUT2D eigenvalue weighted by Crippen LogP contribution is 2.32. The number of carbonyl (C=O) groups excluding carboxylic acids is 1. The van der Waals surface area contributed by atoms with E-state index in [9.17, 15) is 10.0 Å². The molecule has 2 unspecified atom stereocenters. The lowest BCUT2D eigenvalue weighted by Gasteiger charge is -2.49. The van der Waals surface area contributed by atoms with Gasteiger partial charge in [0.2, 0.25) is 0 Å². The number of hydrogen-bond acceptors (Lipinski definition) is 3. The van der Waals surface area contributed by atoms with E-state index in [4.69, 9.17) is 0 Å². The molecule has 4 bridgehead atoms. The van der Waals surface area contributed by atoms with Crippen LogP contribution in [0.2, 0.25) is 0 Å². The van der Waals surface area contributed by atoms with Crippen molar-refractivity contribution in [1.82, 2.24) is 4.90 Å². The number of ketones is 1. The maximum absolute atomic E-state index is 12.1. The maximum Gasteiger partial charge on any atom is 0.152 e. The molecule has 0 N–H and O–H groups in total. The lowest BCUT2D eigenvalue weighted by atomic mass is 9.84. The Morgan fingerprint density at radius 2 is 1.92 bits per heavy atom. The third kappa shape index (κ3) is 1.06. The van der Waals surface area contributed by atoms with Crippen LogP contribution in [0.15, 0.2) is 0 Å². The predicted molar refractivity (Wildman–Crippen MR) is 46.7 cm³/mol. The molecule has 13 heavy (non-hydrogen) atoms. The van der Waals surface area contributed by atoms with E-state index in [2.05, 4.69) is 4.90 Å². The number of fused-ring (bicyclic) bond motifs is 1. The van der Waals surface area contributed by atoms with Crippen molar-refractivity contribution in [3.63, 3.8) is 0 Å². The summed E-state index contributed by atoms with van der Waals surface area (Å²) in [4.78, 5) is 14.0. The van der Waals surface area contributed by atoms with Gasteiger partial charge < -0.3 is 9.85 Å². The van der Waals surface area contributed by atoms with Crippen LogP contribution in [0.1, 0.15) is 0 Å². The van der Waals surface area contributed by atoms with Crippen LogP contribution in [0.5, 0.6) is 0 Å². The second-order valence-electron chi connectivity index (χ2n) is 4.70. The smallest absolute Gasteiger partial charge is 0.152 e. The number of hydroxylamine groups is 3. The second-order valence-corrected chi connectivity index (χ2v) is 4.70. The molecule has 0 aliphatic carbocycles. The molecule has 0 aromatic carbocycles. The Hall–Kier alpha value is -0.450. The first-order valence-electron chi connectivity index (χ1n) is 4.99. The molecule has 4 heteroatoms. The van der Waals surface area contributed by atoms with Gasteiger partial charge in [-0.1, -0.05) is 0 Å². The molecule has 0 radical (unpaired) electrons. The average molecular weight is 182 g/mol. The van der Waals surface area contributed by atoms with E-state index in [-0.39, 0.29) is 16.5 Å². The van der Waals surface area contributed by atoms with Gasteiger partial charge in [-0.15, -0.1) is 0 Å². The molecule has 4 rings (SSSR count). The Morgan fingerprint density at radius 1 is 1.31 bits per heavy atom. The van der Waals surface area contributed by atoms with E-state index in [1.807, 2.05) is 0 Å². The summed E-state index contributed by atoms with van der Waals surface area (Å²) in [5, 5.41) is 12.1. The van der Waals surface area contributed by atoms with E-state index >= 15 is 0 Å². The highest BCUT2D eigenvalue weighted by molar-refractivity contribution is 5.85. The number of piperidine rings is 2. The molecule has 4 heterocycles. The number of carbonyl (C=O) groups is 1. The number of quaternary nitrogens is 1. The largest absolute Gasteiger partial charge is 0.633 e. The van der Waals surface area contributed by atoms with Crippen molar-refractivity contribution in [3.8, 4) is 0 Å². The summed E-state index contributed by atoms with van der Waals surface area (Å²) >= 11 is 0. The van der Waals surface area contributed by atoms with Gasteiger partial charge in [-0.2, -0.15) is 0 Å². The predicted octanol–water partition coefficient (Wildman–Crippen LogP) is -0.555. The molecule has 0 spiro atoms. The lowest BCUT2D eigenvalue weighted by molar-refractivity contribution is -0.884. The Labute approximate surface area is 77.3 Å². The van der Waals surface area contributed by atoms with E-state index in [0.29, 0.717) is 25.4 Å². The Balaban J connectivity index is 2.00. The molecule has 0 saturated carbocycles. The first kappa shape index (κ1) is 7.91. The van der Waals surface area contributed by atoms with Gasteiger partial charge in [-0.05, 0) is 0 Å². The summed E-state index contributed by atoms with van der Waals surface area (Å²) in [5.41, 5.74) is 0.